The van der Waals surface area contributed by atoms with Crippen LogP contribution in [-0.4, -0.2) is 77.5 Å². The lowest BCUT2D eigenvalue weighted by Gasteiger charge is -2.40. The normalized spacial score (nSPS) is 18.5. The lowest BCUT2D eigenvalue weighted by atomic mass is 10.1. The maximum absolute atomic E-state index is 13.2. The molecule has 0 spiro atoms. The van der Waals surface area contributed by atoms with Gasteiger partial charge in [0.25, 0.3) is 5.56 Å². The van der Waals surface area contributed by atoms with Crippen molar-refractivity contribution >= 4 is 17.4 Å². The number of nitrogens with one attached hydrogen (secondary N) is 2. The number of pyridine rings is 1. The second-order valence-electron chi connectivity index (χ2n) is 9.28. The quantitative estimate of drug-likeness (QED) is 0.294. The van der Waals surface area contributed by atoms with Gasteiger partial charge in [0.2, 0.25) is 5.91 Å². The highest BCUT2D eigenvalue weighted by atomic mass is 19.4. The van der Waals surface area contributed by atoms with Gasteiger partial charge in [-0.3, -0.25) is 9.59 Å². The minimum atomic E-state index is -4.87. The summed E-state index contributed by atoms with van der Waals surface area (Å²) in [6.07, 6.45) is -4.48. The van der Waals surface area contributed by atoms with Crippen LogP contribution in [0.1, 0.15) is 24.5 Å². The van der Waals surface area contributed by atoms with Gasteiger partial charge >= 0.3 is 12.4 Å². The summed E-state index contributed by atoms with van der Waals surface area (Å²) in [5, 5.41) is 7.70. The van der Waals surface area contributed by atoms with Crippen molar-refractivity contribution in [3.05, 3.63) is 52.1 Å². The Hall–Kier alpha value is -3.82. The van der Waals surface area contributed by atoms with Gasteiger partial charge in [-0.05, 0) is 13.0 Å². The Morgan fingerprint density at radius 2 is 2.02 bits per heavy atom. The Morgan fingerprint density at radius 3 is 2.75 bits per heavy atom. The molecule has 0 saturated carbocycles. The Labute approximate surface area is 224 Å². The summed E-state index contributed by atoms with van der Waals surface area (Å²) in [6.45, 7) is 2.71. The van der Waals surface area contributed by atoms with Crippen molar-refractivity contribution in [3.63, 3.8) is 0 Å². The molecule has 0 aliphatic carbocycles. The van der Waals surface area contributed by atoms with Gasteiger partial charge in [-0.25, -0.2) is 10.1 Å². The molecular formula is C24H26F6N6O4. The molecule has 1 unspecified atom stereocenters. The maximum atomic E-state index is 13.2. The largest absolute Gasteiger partial charge is 0.490 e. The maximum Gasteiger partial charge on any atom is 0.423 e. The summed E-state index contributed by atoms with van der Waals surface area (Å²) < 4.78 is 89.6. The van der Waals surface area contributed by atoms with Crippen molar-refractivity contribution in [1.29, 1.82) is 0 Å². The Kier molecular flexibility index (Phi) is 8.56. The molecule has 40 heavy (non-hydrogen) atoms. The molecule has 0 radical (unpaired) electrons. The van der Waals surface area contributed by atoms with Crippen LogP contribution in [0.2, 0.25) is 0 Å². The first-order valence-electron chi connectivity index (χ1n) is 12.3. The lowest BCUT2D eigenvalue weighted by Crippen LogP contribution is -2.54. The monoisotopic (exact) mass is 576 g/mol. The number of halogens is 6. The van der Waals surface area contributed by atoms with E-state index in [0.29, 0.717) is 31.9 Å². The Bertz CT molecular complexity index is 1300. The van der Waals surface area contributed by atoms with Gasteiger partial charge in [0, 0.05) is 44.4 Å². The van der Waals surface area contributed by atoms with Crippen molar-refractivity contribution < 1.29 is 40.6 Å². The summed E-state index contributed by atoms with van der Waals surface area (Å²) in [5.41, 5.74) is -4.11. The van der Waals surface area contributed by atoms with E-state index < -0.39 is 40.8 Å². The number of piperazine rings is 1. The van der Waals surface area contributed by atoms with Crippen LogP contribution in [0.15, 0.2) is 35.4 Å². The summed E-state index contributed by atoms with van der Waals surface area (Å²) >= 11 is 0. The number of anilines is 2. The molecule has 4 heterocycles. The molecule has 2 atom stereocenters. The van der Waals surface area contributed by atoms with Crippen LogP contribution in [0.25, 0.3) is 0 Å². The number of amides is 1. The second kappa shape index (κ2) is 11.7. The molecule has 2 aromatic rings. The molecule has 4 rings (SSSR count). The highest BCUT2D eigenvalue weighted by Gasteiger charge is 2.38. The average molecular weight is 576 g/mol. The molecule has 2 N–H and O–H groups in total. The number of rotatable bonds is 7. The van der Waals surface area contributed by atoms with Crippen molar-refractivity contribution in [2.45, 2.75) is 37.8 Å². The summed E-state index contributed by atoms with van der Waals surface area (Å²) in [6, 6.07) is 0.136. The third-order valence-electron chi connectivity index (χ3n) is 6.32. The predicted molar refractivity (Wildman–Crippen MR) is 130 cm³/mol. The van der Waals surface area contributed by atoms with Gasteiger partial charge in [-0.2, -0.15) is 31.4 Å². The minimum Gasteiger partial charge on any atom is -0.490 e. The molecule has 1 amide bonds. The Balaban J connectivity index is 1.26. The molecule has 1 fully saturated rings. The van der Waals surface area contributed by atoms with E-state index in [9.17, 15) is 35.9 Å². The minimum absolute atomic E-state index is 0.00752. The number of hydrogen-bond acceptors (Lipinski definition) is 8. The van der Waals surface area contributed by atoms with Gasteiger partial charge in [0.15, 0.2) is 11.6 Å². The molecule has 218 valence electrons. The van der Waals surface area contributed by atoms with E-state index in [-0.39, 0.29) is 37.5 Å². The fourth-order valence-electron chi connectivity index (χ4n) is 4.46. The van der Waals surface area contributed by atoms with Crippen molar-refractivity contribution in [3.8, 4) is 5.75 Å². The second-order valence-corrected chi connectivity index (χ2v) is 9.28. The van der Waals surface area contributed by atoms with Crippen LogP contribution in [-0.2, 0) is 21.9 Å². The van der Waals surface area contributed by atoms with Gasteiger partial charge in [-0.1, -0.05) is 6.08 Å². The number of hydrogen-bond donors (Lipinski definition) is 2. The van der Waals surface area contributed by atoms with E-state index in [2.05, 4.69) is 15.4 Å². The predicted octanol–water partition coefficient (Wildman–Crippen LogP) is 3.08. The topological polar surface area (TPSA) is 113 Å². The number of aromatic nitrogens is 3. The first-order valence-corrected chi connectivity index (χ1v) is 12.3. The Morgan fingerprint density at radius 1 is 1.25 bits per heavy atom. The SMILES string of the molecule is C[C@@H](COC/C=C/C(=O)N1CCN2c3ncc(C(F)(F)F)cc3OCCC2C1)Nc1cn[nH]c(=O)c1C(F)(F)F. The van der Waals surface area contributed by atoms with Crippen molar-refractivity contribution in [1.82, 2.24) is 20.1 Å². The summed E-state index contributed by atoms with van der Waals surface area (Å²) in [7, 11) is 0. The van der Waals surface area contributed by atoms with Crippen LogP contribution in [0, 0.1) is 0 Å². The van der Waals surface area contributed by atoms with Gasteiger partial charge in [0.1, 0.15) is 5.56 Å². The fraction of sp³-hybridized carbons (Fsp3) is 0.500. The summed E-state index contributed by atoms with van der Waals surface area (Å²) in [4.78, 5) is 31.7. The van der Waals surface area contributed by atoms with Gasteiger partial charge in [0.05, 0.1) is 43.3 Å². The lowest BCUT2D eigenvalue weighted by molar-refractivity contribution is -0.138. The zero-order valence-corrected chi connectivity index (χ0v) is 21.2. The highest BCUT2D eigenvalue weighted by Crippen LogP contribution is 2.38. The van der Waals surface area contributed by atoms with E-state index >= 15 is 0 Å². The number of carbonyl (C=O) groups is 1. The molecule has 0 aromatic carbocycles. The number of carbonyl (C=O) groups excluding carboxylic acids is 1. The van der Waals surface area contributed by atoms with E-state index in [0.717, 1.165) is 18.5 Å². The molecule has 1 saturated heterocycles. The number of nitrogens with zero attached hydrogens (tertiary/aromatic N) is 4. The first kappa shape index (κ1) is 29.2. The fourth-order valence-corrected chi connectivity index (χ4v) is 4.46. The van der Waals surface area contributed by atoms with Gasteiger partial charge in [-0.15, -0.1) is 0 Å². The van der Waals surface area contributed by atoms with E-state index in [1.807, 2.05) is 4.90 Å². The molecule has 2 aromatic heterocycles. The number of fused-ring (bicyclic) bond motifs is 3. The van der Waals surface area contributed by atoms with Crippen molar-refractivity contribution in [2.24, 2.45) is 0 Å². The van der Waals surface area contributed by atoms with E-state index in [1.165, 1.54) is 12.2 Å². The standard InChI is InChI=1S/C24H26F6N6O4/c1-14(33-17-11-32-34-22(38)20(17)24(28,29)30)13-39-7-2-3-19(37)35-5-6-36-16(12-35)4-8-40-18-9-15(23(25,26)27)10-31-21(18)36/h2-3,9-11,14,16H,4-8,12-13H2,1H3,(H2,33,34,38)/b3-2+/t14-,16?/m0/s1. The van der Waals surface area contributed by atoms with Gasteiger partial charge < -0.3 is 24.6 Å². The molecule has 10 nitrogen and oxygen atoms in total. The number of ether oxygens (including phenoxy) is 2. The van der Waals surface area contributed by atoms with E-state index in [1.54, 1.807) is 16.9 Å². The van der Waals surface area contributed by atoms with E-state index in [4.69, 9.17) is 9.47 Å². The van der Waals surface area contributed by atoms with Crippen LogP contribution in [0.5, 0.6) is 5.75 Å². The third kappa shape index (κ3) is 6.84. The summed E-state index contributed by atoms with van der Waals surface area (Å²) in [5.74, 6) is 0.0833. The van der Waals surface area contributed by atoms with Crippen LogP contribution < -0.4 is 20.5 Å². The number of aromatic amines is 1. The number of alkyl halides is 6. The van der Waals surface area contributed by atoms with Crippen LogP contribution in [0.4, 0.5) is 37.8 Å². The van der Waals surface area contributed by atoms with Crippen molar-refractivity contribution in [2.75, 3.05) is 49.7 Å². The van der Waals surface area contributed by atoms with Crippen LogP contribution >= 0.6 is 0 Å². The first-order chi connectivity index (χ1) is 18.8. The molecule has 0 bridgehead atoms. The average Bonchev–Trinajstić information content (AvgIpc) is 3.05. The zero-order valence-electron chi connectivity index (χ0n) is 21.2. The third-order valence-corrected chi connectivity index (χ3v) is 6.32. The zero-order chi connectivity index (χ0) is 29.1. The smallest absolute Gasteiger partial charge is 0.423 e. The highest BCUT2D eigenvalue weighted by molar-refractivity contribution is 5.87. The number of H-pyrrole nitrogens is 1. The molecule has 16 heteroatoms. The van der Waals surface area contributed by atoms with Crippen LogP contribution in [0.3, 0.4) is 0 Å². The molecular weight excluding hydrogens is 550 g/mol. The molecule has 2 aliphatic rings. The molecule has 2 aliphatic heterocycles.